The van der Waals surface area contributed by atoms with E-state index < -0.39 is 0 Å². The summed E-state index contributed by atoms with van der Waals surface area (Å²) in [5.74, 6) is 0.620. The Hall–Kier alpha value is -1.00. The normalized spacial score (nSPS) is 19.1. The van der Waals surface area contributed by atoms with Gasteiger partial charge in [-0.05, 0) is 36.1 Å². The first kappa shape index (κ1) is 15.4. The fourth-order valence-corrected chi connectivity index (χ4v) is 2.96. The third kappa shape index (κ3) is 4.53. The maximum Gasteiger partial charge on any atom is 0.230 e. The summed E-state index contributed by atoms with van der Waals surface area (Å²) in [6.07, 6.45) is 1.04. The van der Waals surface area contributed by atoms with E-state index in [4.69, 9.17) is 0 Å². The van der Waals surface area contributed by atoms with Crippen LogP contribution in [0.3, 0.4) is 0 Å². The average Bonchev–Trinajstić information content (AvgIpc) is 2.88. The van der Waals surface area contributed by atoms with Crippen molar-refractivity contribution >= 4 is 17.7 Å². The first-order valence-electron chi connectivity index (χ1n) is 7.18. The van der Waals surface area contributed by atoms with E-state index in [1.54, 1.807) is 11.8 Å². The number of carbonyl (C=O) groups is 1. The summed E-state index contributed by atoms with van der Waals surface area (Å²) in [5.41, 5.74) is 1.50. The second-order valence-electron chi connectivity index (χ2n) is 6.32. The van der Waals surface area contributed by atoms with E-state index in [1.165, 1.54) is 5.56 Å². The number of carbonyl (C=O) groups excluding carboxylic acids is 1. The van der Waals surface area contributed by atoms with Gasteiger partial charge >= 0.3 is 0 Å². The number of nitrogens with one attached hydrogen (secondary N) is 2. The van der Waals surface area contributed by atoms with Gasteiger partial charge in [0.1, 0.15) is 0 Å². The Balaban J connectivity index is 1.80. The Bertz CT molecular complexity index is 445. The summed E-state index contributed by atoms with van der Waals surface area (Å²) in [6, 6.07) is 8.83. The Kier molecular flexibility index (Phi) is 5.11. The standard InChI is InChI=1S/C16H24N2OS/c1-16(2,3)12-4-6-14(7-5-12)20-11-15(19)18-13-8-9-17-10-13/h4-7,13,17H,8-11H2,1-3H3,(H,18,19). The largest absolute Gasteiger partial charge is 0.351 e. The number of amides is 1. The van der Waals surface area contributed by atoms with Crippen LogP contribution < -0.4 is 10.6 Å². The van der Waals surface area contributed by atoms with Crippen molar-refractivity contribution in [3.8, 4) is 0 Å². The lowest BCUT2D eigenvalue weighted by Crippen LogP contribution is -2.37. The maximum atomic E-state index is 11.8. The van der Waals surface area contributed by atoms with Crippen LogP contribution in [0.25, 0.3) is 0 Å². The van der Waals surface area contributed by atoms with Crippen LogP contribution in [0.5, 0.6) is 0 Å². The van der Waals surface area contributed by atoms with Crippen LogP contribution in [0.15, 0.2) is 29.2 Å². The van der Waals surface area contributed by atoms with Gasteiger partial charge in [-0.25, -0.2) is 0 Å². The van der Waals surface area contributed by atoms with Crippen molar-refractivity contribution in [2.45, 2.75) is 43.5 Å². The molecule has 0 radical (unpaired) electrons. The van der Waals surface area contributed by atoms with Crippen molar-refractivity contribution in [3.63, 3.8) is 0 Å². The van der Waals surface area contributed by atoms with Crippen LogP contribution in [-0.2, 0) is 10.2 Å². The summed E-state index contributed by atoms with van der Waals surface area (Å²) in [4.78, 5) is 13.0. The lowest BCUT2D eigenvalue weighted by Gasteiger charge is -2.19. The molecule has 1 aliphatic rings. The van der Waals surface area contributed by atoms with E-state index in [9.17, 15) is 4.79 Å². The highest BCUT2D eigenvalue weighted by Gasteiger charge is 2.17. The molecule has 2 N–H and O–H groups in total. The van der Waals surface area contributed by atoms with Crippen LogP contribution >= 0.6 is 11.8 Å². The smallest absolute Gasteiger partial charge is 0.230 e. The number of benzene rings is 1. The summed E-state index contributed by atoms with van der Waals surface area (Å²) >= 11 is 1.60. The molecule has 1 saturated heterocycles. The fraction of sp³-hybridized carbons (Fsp3) is 0.562. The first-order chi connectivity index (χ1) is 9.45. The zero-order chi connectivity index (χ0) is 14.6. The van der Waals surface area contributed by atoms with Crippen LogP contribution in [-0.4, -0.2) is 30.8 Å². The molecule has 3 nitrogen and oxygen atoms in total. The third-order valence-corrected chi connectivity index (χ3v) is 4.53. The number of thioether (sulfide) groups is 1. The summed E-state index contributed by atoms with van der Waals surface area (Å²) in [7, 11) is 0. The van der Waals surface area contributed by atoms with Crippen LogP contribution in [0, 0.1) is 0 Å². The molecular weight excluding hydrogens is 268 g/mol. The van der Waals surface area contributed by atoms with Gasteiger partial charge in [0.15, 0.2) is 0 Å². The van der Waals surface area contributed by atoms with Crippen molar-refractivity contribution in [2.75, 3.05) is 18.8 Å². The van der Waals surface area contributed by atoms with Gasteiger partial charge in [0.2, 0.25) is 5.91 Å². The van der Waals surface area contributed by atoms with Crippen LogP contribution in [0.2, 0.25) is 0 Å². The SMILES string of the molecule is CC(C)(C)c1ccc(SCC(=O)NC2CCNC2)cc1. The van der Waals surface area contributed by atoms with Gasteiger partial charge in [0, 0.05) is 17.5 Å². The second-order valence-corrected chi connectivity index (χ2v) is 7.37. The second kappa shape index (κ2) is 6.64. The fourth-order valence-electron chi connectivity index (χ4n) is 2.25. The third-order valence-electron chi connectivity index (χ3n) is 3.52. The summed E-state index contributed by atoms with van der Waals surface area (Å²) in [5, 5.41) is 6.31. The molecule has 1 amide bonds. The molecule has 20 heavy (non-hydrogen) atoms. The van der Waals surface area contributed by atoms with Crippen molar-refractivity contribution in [1.82, 2.24) is 10.6 Å². The van der Waals surface area contributed by atoms with Crippen molar-refractivity contribution in [2.24, 2.45) is 0 Å². The van der Waals surface area contributed by atoms with Gasteiger partial charge < -0.3 is 10.6 Å². The van der Waals surface area contributed by atoms with Crippen molar-refractivity contribution in [3.05, 3.63) is 29.8 Å². The molecule has 1 unspecified atom stereocenters. The molecule has 1 aromatic rings. The molecule has 110 valence electrons. The zero-order valence-corrected chi connectivity index (χ0v) is 13.3. The monoisotopic (exact) mass is 292 g/mol. The molecule has 0 aliphatic carbocycles. The molecular formula is C16H24N2OS. The van der Waals surface area contributed by atoms with Crippen molar-refractivity contribution < 1.29 is 4.79 Å². The number of rotatable bonds is 4. The van der Waals surface area contributed by atoms with Gasteiger partial charge in [0.05, 0.1) is 5.75 Å². The number of hydrogen-bond donors (Lipinski definition) is 2. The highest BCUT2D eigenvalue weighted by atomic mass is 32.2. The molecule has 4 heteroatoms. The van der Waals surface area contributed by atoms with E-state index in [1.807, 2.05) is 0 Å². The van der Waals surface area contributed by atoms with Crippen LogP contribution in [0.4, 0.5) is 0 Å². The quantitative estimate of drug-likeness (QED) is 0.838. The van der Waals surface area contributed by atoms with Gasteiger partial charge in [0.25, 0.3) is 0 Å². The Morgan fingerprint density at radius 2 is 2.05 bits per heavy atom. The molecule has 1 aliphatic heterocycles. The molecule has 1 aromatic carbocycles. The highest BCUT2D eigenvalue weighted by Crippen LogP contribution is 2.25. The lowest BCUT2D eigenvalue weighted by molar-refractivity contribution is -0.119. The van der Waals surface area contributed by atoms with E-state index in [0.29, 0.717) is 11.8 Å². The highest BCUT2D eigenvalue weighted by molar-refractivity contribution is 8.00. The van der Waals surface area contributed by atoms with Crippen LogP contribution in [0.1, 0.15) is 32.8 Å². The minimum Gasteiger partial charge on any atom is -0.351 e. The molecule has 0 aromatic heterocycles. The molecule has 0 spiro atoms. The van der Waals surface area contributed by atoms with E-state index in [2.05, 4.69) is 55.7 Å². The van der Waals surface area contributed by atoms with Gasteiger partial charge in [-0.15, -0.1) is 11.8 Å². The summed E-state index contributed by atoms with van der Waals surface area (Å²) in [6.45, 7) is 8.53. The average molecular weight is 292 g/mol. The van der Waals surface area contributed by atoms with Crippen molar-refractivity contribution in [1.29, 1.82) is 0 Å². The first-order valence-corrected chi connectivity index (χ1v) is 8.17. The Morgan fingerprint density at radius 3 is 2.60 bits per heavy atom. The maximum absolute atomic E-state index is 11.8. The summed E-state index contributed by atoms with van der Waals surface area (Å²) < 4.78 is 0. The minimum atomic E-state index is 0.128. The zero-order valence-electron chi connectivity index (χ0n) is 12.5. The lowest BCUT2D eigenvalue weighted by atomic mass is 9.87. The molecule has 1 atom stereocenters. The number of hydrogen-bond acceptors (Lipinski definition) is 3. The molecule has 0 saturated carbocycles. The predicted molar refractivity (Wildman–Crippen MR) is 85.3 cm³/mol. The molecule has 1 heterocycles. The van der Waals surface area contributed by atoms with E-state index >= 15 is 0 Å². The Labute approximate surface area is 125 Å². The van der Waals surface area contributed by atoms with E-state index in [0.717, 1.165) is 24.4 Å². The molecule has 2 rings (SSSR count). The van der Waals surface area contributed by atoms with Gasteiger partial charge in [-0.2, -0.15) is 0 Å². The van der Waals surface area contributed by atoms with Gasteiger partial charge in [-0.3, -0.25) is 4.79 Å². The minimum absolute atomic E-state index is 0.128. The molecule has 1 fully saturated rings. The molecule has 0 bridgehead atoms. The predicted octanol–water partition coefficient (Wildman–Crippen LogP) is 2.55. The topological polar surface area (TPSA) is 41.1 Å². The Morgan fingerprint density at radius 1 is 1.35 bits per heavy atom. The van der Waals surface area contributed by atoms with Gasteiger partial charge in [-0.1, -0.05) is 32.9 Å². The van der Waals surface area contributed by atoms with E-state index in [-0.39, 0.29) is 11.3 Å².